The van der Waals surface area contributed by atoms with Gasteiger partial charge < -0.3 is 5.32 Å². The summed E-state index contributed by atoms with van der Waals surface area (Å²) in [6.07, 6.45) is 0.900. The van der Waals surface area contributed by atoms with Crippen molar-refractivity contribution in [1.82, 2.24) is 9.78 Å². The largest absolute Gasteiger partial charge is 0.325 e. The Morgan fingerprint density at radius 1 is 1.03 bits per heavy atom. The first-order valence-corrected chi connectivity index (χ1v) is 12.0. The number of carbonyl (C=O) groups excluding carboxylic acids is 1. The van der Waals surface area contributed by atoms with Gasteiger partial charge in [0.25, 0.3) is 10.0 Å². The summed E-state index contributed by atoms with van der Waals surface area (Å²) in [5.41, 5.74) is 4.97. The molecule has 0 spiro atoms. The number of rotatable bonds is 7. The molecule has 0 fully saturated rings. The fraction of sp³-hybridized carbons (Fsp3) is 0.333. The molecule has 0 aliphatic carbocycles. The normalized spacial score (nSPS) is 11.4. The molecule has 0 unspecified atom stereocenters. The molecule has 1 heterocycles. The lowest BCUT2D eigenvalue weighted by atomic mass is 10.1. The van der Waals surface area contributed by atoms with Crippen LogP contribution in [0, 0.1) is 27.7 Å². The maximum Gasteiger partial charge on any atom is 0.268 e. The number of hydrogen-bond donors (Lipinski definition) is 1. The van der Waals surface area contributed by atoms with Gasteiger partial charge in [-0.15, -0.1) is 0 Å². The van der Waals surface area contributed by atoms with Crippen molar-refractivity contribution in [2.45, 2.75) is 45.9 Å². The van der Waals surface area contributed by atoms with Crippen LogP contribution in [0.3, 0.4) is 0 Å². The van der Waals surface area contributed by atoms with E-state index in [1.807, 2.05) is 44.2 Å². The van der Waals surface area contributed by atoms with E-state index in [2.05, 4.69) is 17.3 Å². The number of amides is 1. The first-order chi connectivity index (χ1) is 15.0. The van der Waals surface area contributed by atoms with Crippen LogP contribution in [0.15, 0.2) is 47.4 Å². The quantitative estimate of drug-likeness (QED) is 0.584. The summed E-state index contributed by atoms with van der Waals surface area (Å²) in [5.74, 6) is -0.420. The molecule has 1 N–H and O–H groups in total. The van der Waals surface area contributed by atoms with Crippen LogP contribution in [0.5, 0.6) is 0 Å². The smallest absolute Gasteiger partial charge is 0.268 e. The summed E-state index contributed by atoms with van der Waals surface area (Å²) in [5, 5.41) is 7.08. The summed E-state index contributed by atoms with van der Waals surface area (Å²) in [4.78, 5) is 13.1. The number of nitrogens with zero attached hydrogens (tertiary/aromatic N) is 3. The van der Waals surface area contributed by atoms with E-state index < -0.39 is 15.9 Å². The average Bonchev–Trinajstić information content (AvgIpc) is 2.97. The maximum atomic E-state index is 13.8. The van der Waals surface area contributed by atoms with Crippen molar-refractivity contribution in [2.24, 2.45) is 7.05 Å². The number of benzene rings is 2. The zero-order valence-electron chi connectivity index (χ0n) is 19.4. The molecule has 0 atom stereocenters. The minimum atomic E-state index is -4.04. The van der Waals surface area contributed by atoms with Crippen LogP contribution < -0.4 is 9.62 Å². The summed E-state index contributed by atoms with van der Waals surface area (Å²) < 4.78 is 30.3. The lowest BCUT2D eigenvalue weighted by molar-refractivity contribution is -0.114. The molecule has 3 aromatic rings. The highest BCUT2D eigenvalue weighted by Crippen LogP contribution is 2.29. The van der Waals surface area contributed by atoms with Crippen molar-refractivity contribution in [3.8, 4) is 0 Å². The van der Waals surface area contributed by atoms with Gasteiger partial charge in [-0.2, -0.15) is 5.10 Å². The molecule has 0 saturated carbocycles. The van der Waals surface area contributed by atoms with Gasteiger partial charge in [0.2, 0.25) is 5.91 Å². The van der Waals surface area contributed by atoms with Gasteiger partial charge in [0.05, 0.1) is 17.1 Å². The van der Waals surface area contributed by atoms with E-state index >= 15 is 0 Å². The Morgan fingerprint density at radius 2 is 1.62 bits per heavy atom. The molecule has 32 heavy (non-hydrogen) atoms. The molecule has 0 aliphatic rings. The predicted octanol–water partition coefficient (Wildman–Crippen LogP) is 4.05. The highest BCUT2D eigenvalue weighted by Gasteiger charge is 2.32. The van der Waals surface area contributed by atoms with Gasteiger partial charge in [-0.25, -0.2) is 8.42 Å². The van der Waals surface area contributed by atoms with Crippen molar-refractivity contribution in [1.29, 1.82) is 0 Å². The Hall–Kier alpha value is -3.13. The minimum absolute atomic E-state index is 0.124. The Morgan fingerprint density at radius 3 is 2.12 bits per heavy atom. The van der Waals surface area contributed by atoms with Gasteiger partial charge >= 0.3 is 0 Å². The van der Waals surface area contributed by atoms with Gasteiger partial charge in [-0.1, -0.05) is 25.1 Å². The van der Waals surface area contributed by atoms with E-state index in [-0.39, 0.29) is 11.4 Å². The molecule has 7 nitrogen and oxygen atoms in total. The highest BCUT2D eigenvalue weighted by molar-refractivity contribution is 7.93. The van der Waals surface area contributed by atoms with Gasteiger partial charge in [0, 0.05) is 12.7 Å². The van der Waals surface area contributed by atoms with Crippen LogP contribution in [-0.4, -0.2) is 30.7 Å². The molecule has 170 valence electrons. The van der Waals surface area contributed by atoms with Crippen LogP contribution in [0.4, 0.5) is 11.4 Å². The predicted molar refractivity (Wildman–Crippen MR) is 128 cm³/mol. The van der Waals surface area contributed by atoms with Crippen LogP contribution >= 0.6 is 0 Å². The molecule has 1 aromatic heterocycles. The Kier molecular flexibility index (Phi) is 6.74. The van der Waals surface area contributed by atoms with Crippen molar-refractivity contribution in [3.05, 3.63) is 70.5 Å². The second kappa shape index (κ2) is 9.16. The van der Waals surface area contributed by atoms with E-state index in [0.717, 1.165) is 23.1 Å². The summed E-state index contributed by atoms with van der Waals surface area (Å²) >= 11 is 0. The standard InChI is InChI=1S/C24H30N4O3S/c1-7-20-8-10-21(11-9-20)25-23(29)15-28(22-13-16(2)12-17(3)14-22)32(30,31)24-18(4)26-27(6)19(24)5/h8-14H,7,15H2,1-6H3,(H,25,29). The highest BCUT2D eigenvalue weighted by atomic mass is 32.2. The molecular formula is C24H30N4O3S. The van der Waals surface area contributed by atoms with Crippen molar-refractivity contribution < 1.29 is 13.2 Å². The fourth-order valence-electron chi connectivity index (χ4n) is 3.80. The van der Waals surface area contributed by atoms with Crippen molar-refractivity contribution in [3.63, 3.8) is 0 Å². The molecule has 0 radical (unpaired) electrons. The summed E-state index contributed by atoms with van der Waals surface area (Å²) in [6.45, 7) is 8.88. The monoisotopic (exact) mass is 454 g/mol. The average molecular weight is 455 g/mol. The third kappa shape index (κ3) is 4.85. The SMILES string of the molecule is CCc1ccc(NC(=O)CN(c2cc(C)cc(C)c2)S(=O)(=O)c2c(C)nn(C)c2C)cc1. The summed E-state index contributed by atoms with van der Waals surface area (Å²) in [6, 6.07) is 13.0. The third-order valence-corrected chi connectivity index (χ3v) is 7.45. The minimum Gasteiger partial charge on any atom is -0.325 e. The Balaban J connectivity index is 2.01. The number of hydrogen-bond acceptors (Lipinski definition) is 4. The van der Waals surface area contributed by atoms with E-state index in [0.29, 0.717) is 22.8 Å². The third-order valence-electron chi connectivity index (χ3n) is 5.42. The number of aryl methyl sites for hydroxylation is 5. The number of carbonyl (C=O) groups is 1. The fourth-order valence-corrected chi connectivity index (χ4v) is 5.61. The maximum absolute atomic E-state index is 13.8. The topological polar surface area (TPSA) is 84.3 Å². The van der Waals surface area contributed by atoms with Crippen molar-refractivity contribution >= 4 is 27.3 Å². The number of nitrogens with one attached hydrogen (secondary N) is 1. The molecular weight excluding hydrogens is 424 g/mol. The lowest BCUT2D eigenvalue weighted by Crippen LogP contribution is -2.38. The van der Waals surface area contributed by atoms with Crippen LogP contribution in [0.2, 0.25) is 0 Å². The first kappa shape index (κ1) is 23.5. The first-order valence-electron chi connectivity index (χ1n) is 10.5. The molecule has 2 aromatic carbocycles. The molecule has 0 bridgehead atoms. The Labute approximate surface area is 190 Å². The van der Waals surface area contributed by atoms with Gasteiger partial charge in [-0.3, -0.25) is 13.8 Å². The van der Waals surface area contributed by atoms with Crippen molar-refractivity contribution in [2.75, 3.05) is 16.2 Å². The van der Waals surface area contributed by atoms with E-state index in [9.17, 15) is 13.2 Å². The zero-order valence-corrected chi connectivity index (χ0v) is 20.2. The number of anilines is 2. The van der Waals surface area contributed by atoms with Gasteiger partial charge in [-0.05, 0) is 75.1 Å². The van der Waals surface area contributed by atoms with E-state index in [4.69, 9.17) is 0 Å². The molecule has 0 saturated heterocycles. The van der Waals surface area contributed by atoms with Crippen LogP contribution in [0.25, 0.3) is 0 Å². The Bertz CT molecular complexity index is 1220. The molecule has 1 amide bonds. The molecule has 0 aliphatic heterocycles. The van der Waals surface area contributed by atoms with Gasteiger partial charge in [0.1, 0.15) is 11.4 Å². The molecule has 3 rings (SSSR count). The van der Waals surface area contributed by atoms with E-state index in [1.54, 1.807) is 33.0 Å². The lowest BCUT2D eigenvalue weighted by Gasteiger charge is -2.25. The number of sulfonamides is 1. The second-order valence-electron chi connectivity index (χ2n) is 8.08. The number of aromatic nitrogens is 2. The molecule has 8 heteroatoms. The zero-order chi connectivity index (χ0) is 23.6. The van der Waals surface area contributed by atoms with E-state index in [1.165, 1.54) is 8.99 Å². The van der Waals surface area contributed by atoms with Crippen LogP contribution in [-0.2, 0) is 28.3 Å². The second-order valence-corrected chi connectivity index (χ2v) is 9.88. The summed E-state index contributed by atoms with van der Waals surface area (Å²) in [7, 11) is -2.33. The van der Waals surface area contributed by atoms with Crippen LogP contribution in [0.1, 0.15) is 35.0 Å². The van der Waals surface area contributed by atoms with Gasteiger partial charge in [0.15, 0.2) is 0 Å².